The van der Waals surface area contributed by atoms with Crippen molar-refractivity contribution in [1.29, 1.82) is 5.26 Å². The summed E-state index contributed by atoms with van der Waals surface area (Å²) in [6, 6.07) is 2.49. The summed E-state index contributed by atoms with van der Waals surface area (Å²) in [5, 5.41) is 12.6. The standard InChI is InChI=1S/C24H38N4O6.C17H30N2O5/c1-15(2)22(30)32-20-18(31-23-21(20)33-24(3,4)34-23)14-27-10-7-16(8-11-27)26-13-19(29)28-9-5-6-17(28)12-25;1-10(2)15(20)22-13-12(9-19-7-5-11(18)6-8-19)21-16-14(13)23-17(3,4)24-16/h15-18,20-21,23,26H,5-11,13-14H2,1-4H3;10-14,16H,5-9,18H2,1-4H3/t17-,18+,20-,21+,23+;12-,13+,14-,16-/m01/s1. The third-order valence-electron chi connectivity index (χ3n) is 12.0. The lowest BCUT2D eigenvalue weighted by Gasteiger charge is -2.35. The molecule has 7 heterocycles. The molecule has 7 saturated heterocycles. The molecule has 0 aromatic rings. The van der Waals surface area contributed by atoms with Crippen LogP contribution >= 0.6 is 0 Å². The highest BCUT2D eigenvalue weighted by atomic mass is 16.9. The quantitative estimate of drug-likeness (QED) is 0.286. The average molecular weight is 821 g/mol. The molecule has 17 nitrogen and oxygen atoms in total. The molecule has 0 aromatic heterocycles. The number of nitrogens with one attached hydrogen (secondary N) is 1. The number of carbonyl (C=O) groups is 3. The Morgan fingerprint density at radius 1 is 0.741 bits per heavy atom. The molecule has 17 heteroatoms. The van der Waals surface area contributed by atoms with Gasteiger partial charge in [0.1, 0.15) is 18.2 Å². The van der Waals surface area contributed by atoms with Gasteiger partial charge < -0.3 is 63.6 Å². The predicted molar refractivity (Wildman–Crippen MR) is 208 cm³/mol. The van der Waals surface area contributed by atoms with Crippen LogP contribution < -0.4 is 11.1 Å². The van der Waals surface area contributed by atoms with E-state index in [1.54, 1.807) is 4.90 Å². The minimum absolute atomic E-state index is 0.00936. The van der Waals surface area contributed by atoms with Crippen LogP contribution in [0.1, 0.15) is 93.9 Å². The van der Waals surface area contributed by atoms with Crippen LogP contribution in [0.2, 0.25) is 0 Å². The van der Waals surface area contributed by atoms with Crippen molar-refractivity contribution in [3.8, 4) is 6.07 Å². The summed E-state index contributed by atoms with van der Waals surface area (Å²) in [7, 11) is 0. The van der Waals surface area contributed by atoms with Crippen LogP contribution in [0.25, 0.3) is 0 Å². The summed E-state index contributed by atoms with van der Waals surface area (Å²) < 4.78 is 47.4. The third-order valence-corrected chi connectivity index (χ3v) is 12.0. The number of nitrogens with zero attached hydrogens (tertiary/aromatic N) is 4. The fraction of sp³-hybridized carbons (Fsp3) is 0.902. The van der Waals surface area contributed by atoms with Crippen molar-refractivity contribution in [2.75, 3.05) is 52.4 Å². The molecule has 0 unspecified atom stereocenters. The highest BCUT2D eigenvalue weighted by Gasteiger charge is 2.58. The molecule has 1 amide bonds. The van der Waals surface area contributed by atoms with E-state index >= 15 is 0 Å². The molecule has 7 aliphatic rings. The van der Waals surface area contributed by atoms with Crippen molar-refractivity contribution in [2.45, 2.75) is 173 Å². The number of amides is 1. The highest BCUT2D eigenvalue weighted by molar-refractivity contribution is 5.79. The van der Waals surface area contributed by atoms with E-state index in [0.29, 0.717) is 19.6 Å². The Hall–Kier alpha value is -2.50. The van der Waals surface area contributed by atoms with Gasteiger partial charge in [0.05, 0.1) is 24.4 Å². The zero-order valence-corrected chi connectivity index (χ0v) is 35.8. The molecule has 3 N–H and O–H groups in total. The van der Waals surface area contributed by atoms with E-state index in [1.165, 1.54) is 0 Å². The first-order valence-electron chi connectivity index (χ1n) is 21.5. The molecule has 0 radical (unpaired) electrons. The van der Waals surface area contributed by atoms with Gasteiger partial charge >= 0.3 is 11.9 Å². The van der Waals surface area contributed by atoms with Gasteiger partial charge in [-0.15, -0.1) is 0 Å². The Balaban J connectivity index is 0.000000208. The fourth-order valence-corrected chi connectivity index (χ4v) is 8.71. The Kier molecular flexibility index (Phi) is 14.8. The number of fused-ring (bicyclic) bond motifs is 2. The molecule has 328 valence electrons. The maximum Gasteiger partial charge on any atom is 0.308 e. The fourth-order valence-electron chi connectivity index (χ4n) is 8.71. The van der Waals surface area contributed by atoms with Crippen molar-refractivity contribution in [3.63, 3.8) is 0 Å². The SMILES string of the molecule is CC(C)C(=O)O[C@@H]1[C@H]2OC(C)(C)O[C@H]2O[C@@H]1CN1CCC(N)CC1.CC(C)C(=O)O[C@@H]1[C@H]2OC(C)(C)O[C@H]2O[C@@H]1CN1CCC(NCC(=O)N2CCC[C@H]2C#N)CC1. The first kappa shape index (κ1) is 45.0. The Labute approximate surface area is 343 Å². The van der Waals surface area contributed by atoms with Gasteiger partial charge in [-0.1, -0.05) is 27.7 Å². The zero-order chi connectivity index (χ0) is 41.9. The third kappa shape index (κ3) is 11.2. The largest absolute Gasteiger partial charge is 0.456 e. The molecule has 7 fully saturated rings. The number of hydrogen-bond donors (Lipinski definition) is 2. The lowest BCUT2D eigenvalue weighted by Crippen LogP contribution is -2.50. The number of likely N-dealkylation sites (tertiary alicyclic amines) is 3. The number of rotatable bonds is 11. The first-order valence-corrected chi connectivity index (χ1v) is 21.5. The van der Waals surface area contributed by atoms with Crippen molar-refractivity contribution in [2.24, 2.45) is 17.6 Å². The van der Waals surface area contributed by atoms with Crippen LogP contribution in [-0.4, -0.2) is 164 Å². The van der Waals surface area contributed by atoms with Gasteiger partial charge in [0.15, 0.2) is 48.6 Å². The average Bonchev–Trinajstić information content (AvgIpc) is 3.96. The second-order valence-electron chi connectivity index (χ2n) is 18.4. The van der Waals surface area contributed by atoms with E-state index in [2.05, 4.69) is 21.2 Å². The molecular weight excluding hydrogens is 752 g/mol. The number of piperidine rings is 2. The van der Waals surface area contributed by atoms with Crippen LogP contribution in [0, 0.1) is 23.2 Å². The molecule has 0 aliphatic carbocycles. The Morgan fingerprint density at radius 2 is 1.21 bits per heavy atom. The van der Waals surface area contributed by atoms with Gasteiger partial charge in [0.2, 0.25) is 5.91 Å². The normalized spacial score (nSPS) is 35.1. The van der Waals surface area contributed by atoms with Crippen LogP contribution in [0.5, 0.6) is 0 Å². The predicted octanol–water partition coefficient (Wildman–Crippen LogP) is 1.85. The van der Waals surface area contributed by atoms with Crippen LogP contribution in [0.15, 0.2) is 0 Å². The summed E-state index contributed by atoms with van der Waals surface area (Å²) in [6.07, 6.45) is 2.09. The molecule has 9 atom stereocenters. The molecule has 7 aliphatic heterocycles. The zero-order valence-electron chi connectivity index (χ0n) is 35.8. The summed E-state index contributed by atoms with van der Waals surface area (Å²) in [6.45, 7) is 20.5. The van der Waals surface area contributed by atoms with Crippen LogP contribution in [0.3, 0.4) is 0 Å². The minimum atomic E-state index is -0.771. The number of carbonyl (C=O) groups excluding carboxylic acids is 3. The lowest BCUT2D eigenvalue weighted by molar-refractivity contribution is -0.221. The monoisotopic (exact) mass is 820 g/mol. The molecule has 0 spiro atoms. The number of nitriles is 1. The van der Waals surface area contributed by atoms with Crippen molar-refractivity contribution in [1.82, 2.24) is 20.0 Å². The second kappa shape index (κ2) is 19.0. The van der Waals surface area contributed by atoms with Gasteiger partial charge in [-0.05, 0) is 92.4 Å². The molecule has 0 saturated carbocycles. The number of ether oxygens (including phenoxy) is 8. The van der Waals surface area contributed by atoms with Gasteiger partial charge in [-0.2, -0.15) is 5.26 Å². The summed E-state index contributed by atoms with van der Waals surface area (Å²) in [5.74, 6) is -2.40. The minimum Gasteiger partial charge on any atom is -0.456 e. The van der Waals surface area contributed by atoms with E-state index in [0.717, 1.165) is 64.7 Å². The molecule has 0 bridgehead atoms. The van der Waals surface area contributed by atoms with Gasteiger partial charge in [0.25, 0.3) is 0 Å². The first-order chi connectivity index (χ1) is 27.4. The Morgan fingerprint density at radius 3 is 1.66 bits per heavy atom. The van der Waals surface area contributed by atoms with Gasteiger partial charge in [-0.3, -0.25) is 14.4 Å². The van der Waals surface area contributed by atoms with Crippen molar-refractivity contribution in [3.05, 3.63) is 0 Å². The molecule has 58 heavy (non-hydrogen) atoms. The summed E-state index contributed by atoms with van der Waals surface area (Å²) in [4.78, 5) is 43.3. The summed E-state index contributed by atoms with van der Waals surface area (Å²) >= 11 is 0. The van der Waals surface area contributed by atoms with E-state index in [4.69, 9.17) is 43.6 Å². The molecule has 7 rings (SSSR count). The number of nitrogens with two attached hydrogens (primary N) is 1. The van der Waals surface area contributed by atoms with Crippen LogP contribution in [-0.2, 0) is 52.3 Å². The van der Waals surface area contributed by atoms with Crippen molar-refractivity contribution < 1.29 is 52.3 Å². The maximum absolute atomic E-state index is 12.5. The molecule has 0 aromatic carbocycles. The Bertz CT molecular complexity index is 1460. The van der Waals surface area contributed by atoms with Crippen LogP contribution in [0.4, 0.5) is 0 Å². The van der Waals surface area contributed by atoms with E-state index < -0.39 is 42.5 Å². The van der Waals surface area contributed by atoms with Gasteiger partial charge in [0, 0.05) is 31.7 Å². The second-order valence-corrected chi connectivity index (χ2v) is 18.4. The summed E-state index contributed by atoms with van der Waals surface area (Å²) in [5.41, 5.74) is 5.97. The molecular formula is C41H68N6O11. The number of hydrogen-bond acceptors (Lipinski definition) is 16. The van der Waals surface area contributed by atoms with Crippen molar-refractivity contribution >= 4 is 17.8 Å². The van der Waals surface area contributed by atoms with E-state index in [1.807, 2.05) is 55.4 Å². The van der Waals surface area contributed by atoms with Gasteiger partial charge in [-0.25, -0.2) is 0 Å². The smallest absolute Gasteiger partial charge is 0.308 e. The van der Waals surface area contributed by atoms with E-state index in [9.17, 15) is 19.6 Å². The van der Waals surface area contributed by atoms with E-state index in [-0.39, 0.29) is 72.7 Å². The number of esters is 2. The highest BCUT2D eigenvalue weighted by Crippen LogP contribution is 2.41. The maximum atomic E-state index is 12.5. The topological polar surface area (TPSA) is 197 Å². The lowest BCUT2D eigenvalue weighted by atomic mass is 10.0.